The minimum Gasteiger partial charge on any atom is -0.494 e. The first-order valence-electron chi connectivity index (χ1n) is 5.84. The van der Waals surface area contributed by atoms with E-state index in [1.54, 1.807) is 6.26 Å². The molecule has 2 rings (SSSR count). The van der Waals surface area contributed by atoms with Gasteiger partial charge >= 0.3 is 0 Å². The van der Waals surface area contributed by atoms with Crippen LogP contribution in [0.3, 0.4) is 0 Å². The maximum atomic E-state index is 5.56. The monoisotopic (exact) mass is 267 g/mol. The first-order valence-corrected chi connectivity index (χ1v) is 5.84. The molecule has 0 saturated carbocycles. The van der Waals surface area contributed by atoms with Crippen molar-refractivity contribution < 1.29 is 9.15 Å². The Bertz CT molecular complexity index is 443. The van der Waals surface area contributed by atoms with Gasteiger partial charge in [0.1, 0.15) is 11.5 Å². The maximum absolute atomic E-state index is 5.56. The van der Waals surface area contributed by atoms with Gasteiger partial charge in [-0.15, -0.1) is 12.4 Å². The molecule has 0 aliphatic carbocycles. The maximum Gasteiger partial charge on any atom is 0.123 e. The van der Waals surface area contributed by atoms with E-state index in [0.29, 0.717) is 6.61 Å². The number of benzene rings is 1. The zero-order chi connectivity index (χ0) is 11.9. The average molecular weight is 268 g/mol. The van der Waals surface area contributed by atoms with Crippen LogP contribution in [0.1, 0.15) is 18.2 Å². The highest BCUT2D eigenvalue weighted by molar-refractivity contribution is 5.85. The number of para-hydroxylation sites is 1. The van der Waals surface area contributed by atoms with Crippen LogP contribution in [0.25, 0.3) is 0 Å². The number of rotatable bonds is 6. The number of ether oxygens (including phenoxy) is 1. The summed E-state index contributed by atoms with van der Waals surface area (Å²) in [5.41, 5.74) is 1.17. The summed E-state index contributed by atoms with van der Waals surface area (Å²) in [5, 5.41) is 3.33. The first-order chi connectivity index (χ1) is 8.40. The number of nitrogens with one attached hydrogen (secondary N) is 1. The summed E-state index contributed by atoms with van der Waals surface area (Å²) in [7, 11) is 0. The molecule has 0 aliphatic rings. The molecule has 2 aromatic rings. The quantitative estimate of drug-likeness (QED) is 0.871. The van der Waals surface area contributed by atoms with E-state index in [1.165, 1.54) is 5.56 Å². The Hall–Kier alpha value is -1.45. The summed E-state index contributed by atoms with van der Waals surface area (Å²) >= 11 is 0. The Labute approximate surface area is 114 Å². The third kappa shape index (κ3) is 4.09. The molecule has 1 aromatic carbocycles. The van der Waals surface area contributed by atoms with Crippen LogP contribution in [0.5, 0.6) is 5.75 Å². The predicted molar refractivity (Wildman–Crippen MR) is 74.1 cm³/mol. The van der Waals surface area contributed by atoms with E-state index in [0.717, 1.165) is 24.6 Å². The van der Waals surface area contributed by atoms with E-state index in [2.05, 4.69) is 11.4 Å². The van der Waals surface area contributed by atoms with Gasteiger partial charge in [0, 0.05) is 12.1 Å². The second kappa shape index (κ2) is 7.80. The minimum atomic E-state index is 0. The van der Waals surface area contributed by atoms with Crippen molar-refractivity contribution in [3.05, 3.63) is 54.0 Å². The highest BCUT2D eigenvalue weighted by Gasteiger charge is 2.02. The van der Waals surface area contributed by atoms with Crippen LogP contribution in [0, 0.1) is 0 Å². The standard InChI is InChI=1S/C14H17NO2.ClH/c1-2-16-14-8-4-3-6-12(14)10-15-11-13-7-5-9-17-13;/h3-9,15H,2,10-11H2,1H3;1H. The number of furan rings is 1. The van der Waals surface area contributed by atoms with Gasteiger partial charge in [-0.2, -0.15) is 0 Å². The minimum absolute atomic E-state index is 0. The molecule has 1 N–H and O–H groups in total. The molecular weight excluding hydrogens is 250 g/mol. The van der Waals surface area contributed by atoms with Gasteiger partial charge in [0.2, 0.25) is 0 Å². The fourth-order valence-electron chi connectivity index (χ4n) is 1.68. The third-order valence-electron chi connectivity index (χ3n) is 2.47. The van der Waals surface area contributed by atoms with Gasteiger partial charge in [-0.25, -0.2) is 0 Å². The van der Waals surface area contributed by atoms with E-state index >= 15 is 0 Å². The van der Waals surface area contributed by atoms with Crippen molar-refractivity contribution in [1.82, 2.24) is 5.32 Å². The van der Waals surface area contributed by atoms with Crippen molar-refractivity contribution in [2.75, 3.05) is 6.61 Å². The molecule has 3 nitrogen and oxygen atoms in total. The molecule has 18 heavy (non-hydrogen) atoms. The third-order valence-corrected chi connectivity index (χ3v) is 2.47. The molecule has 98 valence electrons. The fraction of sp³-hybridized carbons (Fsp3) is 0.286. The van der Waals surface area contributed by atoms with Crippen molar-refractivity contribution >= 4 is 12.4 Å². The molecule has 0 bridgehead atoms. The Morgan fingerprint density at radius 2 is 1.94 bits per heavy atom. The lowest BCUT2D eigenvalue weighted by Gasteiger charge is -2.10. The van der Waals surface area contributed by atoms with Gasteiger partial charge < -0.3 is 14.5 Å². The highest BCUT2D eigenvalue weighted by Crippen LogP contribution is 2.17. The molecule has 0 amide bonds. The van der Waals surface area contributed by atoms with Gasteiger partial charge in [-0.3, -0.25) is 0 Å². The number of hydrogen-bond acceptors (Lipinski definition) is 3. The SMILES string of the molecule is CCOc1ccccc1CNCc1ccco1.Cl. The summed E-state index contributed by atoms with van der Waals surface area (Å²) in [4.78, 5) is 0. The summed E-state index contributed by atoms with van der Waals surface area (Å²) < 4.78 is 10.8. The largest absolute Gasteiger partial charge is 0.494 e. The van der Waals surface area contributed by atoms with E-state index in [1.807, 2.05) is 37.3 Å². The van der Waals surface area contributed by atoms with Crippen molar-refractivity contribution in [2.24, 2.45) is 0 Å². The summed E-state index contributed by atoms with van der Waals surface area (Å²) in [6, 6.07) is 11.9. The molecule has 0 spiro atoms. The zero-order valence-electron chi connectivity index (χ0n) is 10.4. The average Bonchev–Trinajstić information content (AvgIpc) is 2.85. The van der Waals surface area contributed by atoms with Crippen LogP contribution in [-0.4, -0.2) is 6.61 Å². The smallest absolute Gasteiger partial charge is 0.123 e. The van der Waals surface area contributed by atoms with Crippen LogP contribution in [0.2, 0.25) is 0 Å². The molecule has 0 aliphatic heterocycles. The Morgan fingerprint density at radius 3 is 2.67 bits per heavy atom. The van der Waals surface area contributed by atoms with Crippen LogP contribution < -0.4 is 10.1 Å². The molecule has 1 aromatic heterocycles. The normalized spacial score (nSPS) is 9.83. The molecule has 0 radical (unpaired) electrons. The first kappa shape index (κ1) is 14.6. The molecular formula is C14H18ClNO2. The van der Waals surface area contributed by atoms with Crippen molar-refractivity contribution in [1.29, 1.82) is 0 Å². The second-order valence-electron chi connectivity index (χ2n) is 3.72. The predicted octanol–water partition coefficient (Wildman–Crippen LogP) is 3.39. The lowest BCUT2D eigenvalue weighted by molar-refractivity contribution is 0.335. The van der Waals surface area contributed by atoms with E-state index in [-0.39, 0.29) is 12.4 Å². The van der Waals surface area contributed by atoms with E-state index in [4.69, 9.17) is 9.15 Å². The lowest BCUT2D eigenvalue weighted by Crippen LogP contribution is -2.13. The molecule has 0 fully saturated rings. The van der Waals surface area contributed by atoms with Crippen molar-refractivity contribution in [2.45, 2.75) is 20.0 Å². The van der Waals surface area contributed by atoms with Gasteiger partial charge in [0.25, 0.3) is 0 Å². The van der Waals surface area contributed by atoms with Crippen LogP contribution >= 0.6 is 12.4 Å². The lowest BCUT2D eigenvalue weighted by atomic mass is 10.2. The Balaban J connectivity index is 0.00000162. The zero-order valence-corrected chi connectivity index (χ0v) is 11.2. The van der Waals surface area contributed by atoms with E-state index < -0.39 is 0 Å². The van der Waals surface area contributed by atoms with Crippen LogP contribution in [-0.2, 0) is 13.1 Å². The van der Waals surface area contributed by atoms with Crippen molar-refractivity contribution in [3.8, 4) is 5.75 Å². The molecule has 1 heterocycles. The fourth-order valence-corrected chi connectivity index (χ4v) is 1.68. The molecule has 0 unspecified atom stereocenters. The number of hydrogen-bond donors (Lipinski definition) is 1. The Morgan fingerprint density at radius 1 is 1.11 bits per heavy atom. The summed E-state index contributed by atoms with van der Waals surface area (Å²) in [6.07, 6.45) is 1.69. The van der Waals surface area contributed by atoms with Crippen LogP contribution in [0.4, 0.5) is 0 Å². The summed E-state index contributed by atoms with van der Waals surface area (Å²) in [5.74, 6) is 1.89. The van der Waals surface area contributed by atoms with Gasteiger partial charge in [-0.05, 0) is 25.1 Å². The highest BCUT2D eigenvalue weighted by atomic mass is 35.5. The Kier molecular flexibility index (Phi) is 6.33. The summed E-state index contributed by atoms with van der Waals surface area (Å²) in [6.45, 7) is 4.19. The van der Waals surface area contributed by atoms with E-state index in [9.17, 15) is 0 Å². The van der Waals surface area contributed by atoms with Crippen molar-refractivity contribution in [3.63, 3.8) is 0 Å². The molecule has 0 atom stereocenters. The van der Waals surface area contributed by atoms with Gasteiger partial charge in [0.15, 0.2) is 0 Å². The number of halogens is 1. The van der Waals surface area contributed by atoms with Crippen LogP contribution in [0.15, 0.2) is 47.1 Å². The molecule has 4 heteroatoms. The second-order valence-corrected chi connectivity index (χ2v) is 3.72. The topological polar surface area (TPSA) is 34.4 Å². The molecule has 0 saturated heterocycles. The van der Waals surface area contributed by atoms with Gasteiger partial charge in [0.05, 0.1) is 19.4 Å². The van der Waals surface area contributed by atoms with Gasteiger partial charge in [-0.1, -0.05) is 18.2 Å².